The van der Waals surface area contributed by atoms with Crippen LogP contribution in [0.1, 0.15) is 26.7 Å². The summed E-state index contributed by atoms with van der Waals surface area (Å²) >= 11 is 4.45. The summed E-state index contributed by atoms with van der Waals surface area (Å²) in [6, 6.07) is -0.164. The van der Waals surface area contributed by atoms with E-state index in [2.05, 4.69) is 34.7 Å². The molecule has 0 radical (unpaired) electrons. The second kappa shape index (κ2) is 8.00. The molecule has 0 aromatic carbocycles. The predicted octanol–water partition coefficient (Wildman–Crippen LogP) is 2.37. The second-order valence-electron chi connectivity index (χ2n) is 5.12. The van der Waals surface area contributed by atoms with E-state index in [1.807, 2.05) is 0 Å². The molecule has 2 rings (SSSR count). The number of hydrogen-bond acceptors (Lipinski definition) is 7. The maximum Gasteiger partial charge on any atom is 0.321 e. The van der Waals surface area contributed by atoms with Gasteiger partial charge in [0.1, 0.15) is 0 Å². The Kier molecular flexibility index (Phi) is 6.31. The number of amides is 3. The molecule has 2 N–H and O–H groups in total. The van der Waals surface area contributed by atoms with Crippen molar-refractivity contribution < 1.29 is 9.59 Å². The topological polar surface area (TPSA) is 84.0 Å². The van der Waals surface area contributed by atoms with Gasteiger partial charge in [0.05, 0.1) is 5.75 Å². The second-order valence-corrected chi connectivity index (χ2v) is 8.59. The van der Waals surface area contributed by atoms with Gasteiger partial charge in [-0.05, 0) is 18.8 Å². The maximum absolute atomic E-state index is 11.6. The Morgan fingerprint density at radius 1 is 1.29 bits per heavy atom. The lowest BCUT2D eigenvalue weighted by Crippen LogP contribution is -2.41. The minimum atomic E-state index is -0.409. The van der Waals surface area contributed by atoms with E-state index in [4.69, 9.17) is 0 Å². The van der Waals surface area contributed by atoms with Gasteiger partial charge < -0.3 is 5.32 Å². The monoisotopic (exact) mass is 346 g/mol. The predicted molar refractivity (Wildman–Crippen MR) is 85.9 cm³/mol. The third-order valence-electron chi connectivity index (χ3n) is 2.42. The first kappa shape index (κ1) is 16.6. The molecule has 1 fully saturated rings. The molecule has 0 bridgehead atoms. The molecule has 0 atom stereocenters. The van der Waals surface area contributed by atoms with E-state index in [-0.39, 0.29) is 17.7 Å². The Balaban J connectivity index is 1.67. The summed E-state index contributed by atoms with van der Waals surface area (Å²) in [6.45, 7) is 4.31. The Morgan fingerprint density at radius 3 is 2.57 bits per heavy atom. The lowest BCUT2D eigenvalue weighted by Gasteiger charge is -2.03. The van der Waals surface area contributed by atoms with Crippen LogP contribution in [0.4, 0.5) is 4.79 Å². The summed E-state index contributed by atoms with van der Waals surface area (Å²) in [5, 5.41) is 13.1. The van der Waals surface area contributed by atoms with E-state index < -0.39 is 6.03 Å². The largest absolute Gasteiger partial charge is 0.335 e. The molecule has 116 valence electrons. The Hall–Kier alpha value is -0.800. The average molecular weight is 347 g/mol. The number of rotatable bonds is 7. The molecule has 21 heavy (non-hydrogen) atoms. The molecule has 0 unspecified atom stereocenters. The number of hydrogen-bond donors (Lipinski definition) is 2. The van der Waals surface area contributed by atoms with Crippen LogP contribution in [0.25, 0.3) is 0 Å². The van der Waals surface area contributed by atoms with Crippen LogP contribution < -0.4 is 10.6 Å². The molecule has 1 saturated carbocycles. The van der Waals surface area contributed by atoms with Gasteiger partial charge in [-0.3, -0.25) is 10.1 Å². The van der Waals surface area contributed by atoms with Gasteiger partial charge in [-0.25, -0.2) is 4.79 Å². The zero-order chi connectivity index (χ0) is 15.2. The van der Waals surface area contributed by atoms with Gasteiger partial charge in [-0.2, -0.15) is 0 Å². The van der Waals surface area contributed by atoms with Crippen molar-refractivity contribution >= 4 is 46.8 Å². The Bertz CT molecular complexity index is 502. The molecular weight excluding hydrogens is 328 g/mol. The molecule has 1 aromatic rings. The summed E-state index contributed by atoms with van der Waals surface area (Å²) in [7, 11) is 0. The third kappa shape index (κ3) is 6.66. The molecule has 3 amide bonds. The van der Waals surface area contributed by atoms with E-state index >= 15 is 0 Å². The first-order valence-corrected chi connectivity index (χ1v) is 9.51. The van der Waals surface area contributed by atoms with Gasteiger partial charge in [0.25, 0.3) is 0 Å². The van der Waals surface area contributed by atoms with Crippen molar-refractivity contribution in [1.29, 1.82) is 0 Å². The van der Waals surface area contributed by atoms with Gasteiger partial charge in [0.15, 0.2) is 8.68 Å². The fourth-order valence-electron chi connectivity index (χ4n) is 1.29. The Labute approximate surface area is 136 Å². The number of nitrogens with zero attached hydrogens (tertiary/aromatic N) is 2. The van der Waals surface area contributed by atoms with Crippen LogP contribution in [0, 0.1) is 5.92 Å². The molecule has 6 nitrogen and oxygen atoms in total. The molecule has 1 aliphatic rings. The van der Waals surface area contributed by atoms with Crippen LogP contribution in [0.5, 0.6) is 0 Å². The third-order valence-corrected chi connectivity index (χ3v) is 6.04. The standard InChI is InChI=1S/C12H18N4O2S3/c1-7(2)5-19-11-15-16-12(21-11)20-6-9(17)14-10(18)13-8-3-4-8/h7-8H,3-6H2,1-2H3,(H2,13,14,17,18). The average Bonchev–Trinajstić information content (AvgIpc) is 3.10. The quantitative estimate of drug-likeness (QED) is 0.738. The van der Waals surface area contributed by atoms with E-state index in [0.29, 0.717) is 5.92 Å². The van der Waals surface area contributed by atoms with E-state index in [9.17, 15) is 9.59 Å². The summed E-state index contributed by atoms with van der Waals surface area (Å²) in [5.74, 6) is 1.46. The molecule has 0 aliphatic heterocycles. The van der Waals surface area contributed by atoms with Crippen LogP contribution in [-0.2, 0) is 4.79 Å². The summed E-state index contributed by atoms with van der Waals surface area (Å²) in [5.41, 5.74) is 0. The van der Waals surface area contributed by atoms with Crippen molar-refractivity contribution in [2.75, 3.05) is 11.5 Å². The number of imide groups is 1. The van der Waals surface area contributed by atoms with Gasteiger partial charge in [-0.15, -0.1) is 10.2 Å². The van der Waals surface area contributed by atoms with Crippen LogP contribution in [0.2, 0.25) is 0 Å². The van der Waals surface area contributed by atoms with Crippen molar-refractivity contribution in [3.05, 3.63) is 0 Å². The van der Waals surface area contributed by atoms with Crippen molar-refractivity contribution in [2.24, 2.45) is 5.92 Å². The molecule has 0 saturated heterocycles. The number of thioether (sulfide) groups is 2. The summed E-state index contributed by atoms with van der Waals surface area (Å²) in [6.07, 6.45) is 2.00. The van der Waals surface area contributed by atoms with E-state index in [1.165, 1.54) is 23.1 Å². The van der Waals surface area contributed by atoms with Gasteiger partial charge in [-0.1, -0.05) is 48.7 Å². The van der Waals surface area contributed by atoms with Crippen molar-refractivity contribution in [3.8, 4) is 0 Å². The van der Waals surface area contributed by atoms with Gasteiger partial charge >= 0.3 is 6.03 Å². The lowest BCUT2D eigenvalue weighted by molar-refractivity contribution is -0.117. The highest BCUT2D eigenvalue weighted by molar-refractivity contribution is 8.03. The highest BCUT2D eigenvalue weighted by atomic mass is 32.2. The lowest BCUT2D eigenvalue weighted by atomic mass is 10.3. The fraction of sp³-hybridized carbons (Fsp3) is 0.667. The number of carbonyl (C=O) groups excluding carboxylic acids is 2. The smallest absolute Gasteiger partial charge is 0.321 e. The molecule has 1 aliphatic carbocycles. The van der Waals surface area contributed by atoms with Crippen molar-refractivity contribution in [3.63, 3.8) is 0 Å². The van der Waals surface area contributed by atoms with Gasteiger partial charge in [0.2, 0.25) is 5.91 Å². The zero-order valence-corrected chi connectivity index (χ0v) is 14.4. The molecule has 1 aromatic heterocycles. The first-order valence-electron chi connectivity index (χ1n) is 6.72. The van der Waals surface area contributed by atoms with Crippen molar-refractivity contribution in [1.82, 2.24) is 20.8 Å². The van der Waals surface area contributed by atoms with Crippen LogP contribution in [0.15, 0.2) is 8.68 Å². The van der Waals surface area contributed by atoms with E-state index in [1.54, 1.807) is 11.8 Å². The van der Waals surface area contributed by atoms with Crippen molar-refractivity contribution in [2.45, 2.75) is 41.4 Å². The highest BCUT2D eigenvalue weighted by Crippen LogP contribution is 2.29. The summed E-state index contributed by atoms with van der Waals surface area (Å²) in [4.78, 5) is 23.0. The molecule has 9 heteroatoms. The highest BCUT2D eigenvalue weighted by Gasteiger charge is 2.23. The normalized spacial score (nSPS) is 14.2. The fourth-order valence-corrected chi connectivity index (χ4v) is 4.09. The maximum atomic E-state index is 11.6. The minimum Gasteiger partial charge on any atom is -0.335 e. The van der Waals surface area contributed by atoms with Gasteiger partial charge in [0, 0.05) is 11.8 Å². The van der Waals surface area contributed by atoms with Crippen LogP contribution in [0.3, 0.4) is 0 Å². The Morgan fingerprint density at radius 2 is 1.95 bits per heavy atom. The summed E-state index contributed by atoms with van der Waals surface area (Å²) < 4.78 is 1.66. The molecule has 0 spiro atoms. The minimum absolute atomic E-state index is 0.168. The molecular formula is C12H18N4O2S3. The number of urea groups is 1. The van der Waals surface area contributed by atoms with E-state index in [0.717, 1.165) is 27.3 Å². The SMILES string of the molecule is CC(C)CSc1nnc(SCC(=O)NC(=O)NC2CC2)s1. The molecule has 1 heterocycles. The van der Waals surface area contributed by atoms with Crippen LogP contribution >= 0.6 is 34.9 Å². The zero-order valence-electron chi connectivity index (χ0n) is 11.9. The number of nitrogens with one attached hydrogen (secondary N) is 2. The van der Waals surface area contributed by atoms with Crippen LogP contribution in [-0.4, -0.2) is 39.7 Å². The first-order chi connectivity index (χ1) is 10.0. The number of carbonyl (C=O) groups is 2. The number of aromatic nitrogens is 2.